The molecule has 4 aromatic rings. The number of rotatable bonds is 9. The number of nitrogens with zero attached hydrogens (tertiary/aromatic N) is 2. The quantitative estimate of drug-likeness (QED) is 0.148. The van der Waals surface area contributed by atoms with Crippen LogP contribution in [0.3, 0.4) is 0 Å². The van der Waals surface area contributed by atoms with E-state index < -0.39 is 12.1 Å². The predicted molar refractivity (Wildman–Crippen MR) is 145 cm³/mol. The molecule has 4 rings (SSSR count). The number of ether oxygens (including phenoxy) is 2. The molecule has 6 N–H and O–H groups in total. The number of nitrogen functional groups attached to an aromatic ring is 1. The van der Waals surface area contributed by atoms with Gasteiger partial charge in [-0.05, 0) is 43.2 Å². The Kier molecular flexibility index (Phi) is 8.03. The van der Waals surface area contributed by atoms with Gasteiger partial charge in [0.2, 0.25) is 0 Å². The first kappa shape index (κ1) is 26.4. The molecule has 196 valence electrons. The normalized spacial score (nSPS) is 11.7. The summed E-state index contributed by atoms with van der Waals surface area (Å²) in [6, 6.07) is 19.2. The minimum atomic E-state index is -0.568. The van der Waals surface area contributed by atoms with Gasteiger partial charge in [-0.15, -0.1) is 0 Å². The fourth-order valence-corrected chi connectivity index (χ4v) is 4.07. The molecule has 0 bridgehead atoms. The summed E-state index contributed by atoms with van der Waals surface area (Å²) in [5.74, 6) is 0.570. The second-order valence-electron chi connectivity index (χ2n) is 8.76. The number of aromatic nitrogens is 2. The monoisotopic (exact) mass is 514 g/mol. The molecule has 38 heavy (non-hydrogen) atoms. The summed E-state index contributed by atoms with van der Waals surface area (Å²) in [6.07, 6.45) is 0.0377. The molecule has 1 aromatic heterocycles. The number of esters is 1. The smallest absolute Gasteiger partial charge is 0.419 e. The summed E-state index contributed by atoms with van der Waals surface area (Å²) < 4.78 is 10.5. The van der Waals surface area contributed by atoms with Crippen LogP contribution in [0.25, 0.3) is 11.0 Å². The van der Waals surface area contributed by atoms with Crippen molar-refractivity contribution in [1.29, 1.82) is 5.41 Å². The van der Waals surface area contributed by atoms with Crippen LogP contribution in [0.15, 0.2) is 66.7 Å². The number of benzene rings is 3. The summed E-state index contributed by atoms with van der Waals surface area (Å²) in [4.78, 5) is 34.2. The number of aryl methyl sites for hydroxylation is 1. The topological polar surface area (TPSA) is 160 Å². The molecule has 0 spiro atoms. The van der Waals surface area contributed by atoms with Crippen LogP contribution in [0.4, 0.5) is 10.5 Å². The van der Waals surface area contributed by atoms with Crippen LogP contribution < -0.4 is 21.1 Å². The van der Waals surface area contributed by atoms with Crippen molar-refractivity contribution in [2.45, 2.75) is 25.8 Å². The van der Waals surface area contributed by atoms with Gasteiger partial charge in [-0.2, -0.15) is 0 Å². The van der Waals surface area contributed by atoms with Gasteiger partial charge in [0.15, 0.2) is 0 Å². The number of nitrogens with two attached hydrogens (primary N) is 2. The van der Waals surface area contributed by atoms with Gasteiger partial charge in [-0.25, -0.2) is 9.78 Å². The number of H-pyrrole nitrogens is 1. The third-order valence-corrected chi connectivity index (χ3v) is 6.23. The first-order chi connectivity index (χ1) is 18.3. The van der Waals surface area contributed by atoms with E-state index >= 15 is 0 Å². The van der Waals surface area contributed by atoms with Gasteiger partial charge in [0.25, 0.3) is 0 Å². The molecule has 1 amide bonds. The number of methoxy groups -OCH3 is 1. The highest BCUT2D eigenvalue weighted by Crippen LogP contribution is 2.29. The van der Waals surface area contributed by atoms with Gasteiger partial charge in [0.05, 0.1) is 24.2 Å². The maximum absolute atomic E-state index is 13.2. The number of aromatic amines is 1. The Balaban J connectivity index is 1.55. The molecule has 0 aliphatic carbocycles. The third kappa shape index (κ3) is 5.81. The van der Waals surface area contributed by atoms with Gasteiger partial charge in [0.1, 0.15) is 17.4 Å². The van der Waals surface area contributed by atoms with Crippen LogP contribution in [0.2, 0.25) is 0 Å². The van der Waals surface area contributed by atoms with Crippen molar-refractivity contribution in [2.24, 2.45) is 11.5 Å². The maximum atomic E-state index is 13.2. The number of anilines is 1. The zero-order valence-corrected chi connectivity index (χ0v) is 21.2. The first-order valence-electron chi connectivity index (χ1n) is 12.1. The van der Waals surface area contributed by atoms with E-state index in [1.807, 2.05) is 37.3 Å². The standard InChI is InChI=1S/C28H30N6O4/c1-17-22(38-28(36)34(16-6-9-23(35)37-2)20-7-4-3-5-8-20)15-14-21-25(17)33-27(32-21)24(29)18-10-12-19(13-11-18)26(30)31/h3-5,7-8,10-15,24H,6,9,16,29H2,1-2H3,(H3,30,31)(H,32,33). The summed E-state index contributed by atoms with van der Waals surface area (Å²) >= 11 is 0. The van der Waals surface area contributed by atoms with Crippen molar-refractivity contribution in [3.05, 3.63) is 89.2 Å². The molecule has 0 saturated heterocycles. The van der Waals surface area contributed by atoms with Gasteiger partial charge < -0.3 is 25.9 Å². The Labute approximate surface area is 220 Å². The van der Waals surface area contributed by atoms with Crippen LogP contribution in [0.5, 0.6) is 5.75 Å². The zero-order valence-electron chi connectivity index (χ0n) is 21.2. The van der Waals surface area contributed by atoms with Crippen LogP contribution >= 0.6 is 0 Å². The number of nitrogens with one attached hydrogen (secondary N) is 2. The molecule has 10 heteroatoms. The molecular weight excluding hydrogens is 484 g/mol. The molecule has 0 aliphatic heterocycles. The summed E-state index contributed by atoms with van der Waals surface area (Å²) in [6.45, 7) is 2.11. The molecule has 1 heterocycles. The van der Waals surface area contributed by atoms with E-state index in [1.165, 1.54) is 12.0 Å². The molecule has 1 unspecified atom stereocenters. The number of hydrogen-bond acceptors (Lipinski definition) is 7. The second-order valence-corrected chi connectivity index (χ2v) is 8.76. The van der Waals surface area contributed by atoms with Crippen molar-refractivity contribution in [1.82, 2.24) is 9.97 Å². The lowest BCUT2D eigenvalue weighted by atomic mass is 10.0. The Morgan fingerprint density at radius 3 is 2.45 bits per heavy atom. The van der Waals surface area contributed by atoms with Crippen molar-refractivity contribution < 1.29 is 19.1 Å². The fraction of sp³-hybridized carbons (Fsp3) is 0.214. The third-order valence-electron chi connectivity index (χ3n) is 6.23. The molecular formula is C28H30N6O4. The number of carbonyl (C=O) groups excluding carboxylic acids is 2. The highest BCUT2D eigenvalue weighted by atomic mass is 16.6. The van der Waals surface area contributed by atoms with Crippen LogP contribution in [-0.2, 0) is 9.53 Å². The van der Waals surface area contributed by atoms with E-state index in [4.69, 9.17) is 31.3 Å². The molecule has 0 aliphatic rings. The summed E-state index contributed by atoms with van der Waals surface area (Å²) in [7, 11) is 1.34. The number of amides is 1. The van der Waals surface area contributed by atoms with E-state index in [2.05, 4.69) is 4.98 Å². The Bertz CT molecular complexity index is 1450. The number of para-hydroxylation sites is 1. The van der Waals surface area contributed by atoms with E-state index in [0.29, 0.717) is 40.3 Å². The van der Waals surface area contributed by atoms with Crippen molar-refractivity contribution in [3.8, 4) is 5.75 Å². The van der Waals surface area contributed by atoms with E-state index in [0.717, 1.165) is 11.1 Å². The fourth-order valence-electron chi connectivity index (χ4n) is 4.07. The molecule has 3 aromatic carbocycles. The van der Waals surface area contributed by atoms with Crippen LogP contribution in [0, 0.1) is 12.3 Å². The average Bonchev–Trinajstić information content (AvgIpc) is 3.38. The number of carbonyl (C=O) groups is 2. The highest BCUT2D eigenvalue weighted by Gasteiger charge is 2.21. The molecule has 10 nitrogen and oxygen atoms in total. The van der Waals surface area contributed by atoms with E-state index in [-0.39, 0.29) is 24.8 Å². The predicted octanol–water partition coefficient (Wildman–Crippen LogP) is 4.16. The van der Waals surface area contributed by atoms with Crippen LogP contribution in [0.1, 0.15) is 41.4 Å². The van der Waals surface area contributed by atoms with Crippen molar-refractivity contribution in [2.75, 3.05) is 18.6 Å². The van der Waals surface area contributed by atoms with Gasteiger partial charge in [-0.3, -0.25) is 15.1 Å². The van der Waals surface area contributed by atoms with Gasteiger partial charge in [-0.1, -0.05) is 42.5 Å². The number of amidine groups is 1. The Morgan fingerprint density at radius 2 is 1.79 bits per heavy atom. The lowest BCUT2D eigenvalue weighted by Gasteiger charge is -2.22. The van der Waals surface area contributed by atoms with Gasteiger partial charge >= 0.3 is 12.1 Å². The lowest BCUT2D eigenvalue weighted by Crippen LogP contribution is -2.34. The second kappa shape index (κ2) is 11.6. The average molecular weight is 515 g/mol. The van der Waals surface area contributed by atoms with Crippen molar-refractivity contribution in [3.63, 3.8) is 0 Å². The Hall–Kier alpha value is -4.70. The minimum absolute atomic E-state index is 0.0131. The lowest BCUT2D eigenvalue weighted by molar-refractivity contribution is -0.140. The zero-order chi connectivity index (χ0) is 27.2. The SMILES string of the molecule is COC(=O)CCCN(C(=O)Oc1ccc2[nH]c(C(N)c3ccc(C(=N)N)cc3)nc2c1C)c1ccccc1. The molecule has 0 radical (unpaired) electrons. The minimum Gasteiger partial charge on any atom is -0.469 e. The van der Waals surface area contributed by atoms with Crippen molar-refractivity contribution >= 4 is 34.6 Å². The van der Waals surface area contributed by atoms with E-state index in [1.54, 1.807) is 36.4 Å². The number of imidazole rings is 1. The molecule has 0 fully saturated rings. The van der Waals surface area contributed by atoms with E-state index in [9.17, 15) is 9.59 Å². The maximum Gasteiger partial charge on any atom is 0.419 e. The summed E-state index contributed by atoms with van der Waals surface area (Å²) in [5, 5.41) is 7.55. The van der Waals surface area contributed by atoms with Crippen LogP contribution in [-0.4, -0.2) is 41.5 Å². The van der Waals surface area contributed by atoms with Gasteiger partial charge in [0, 0.05) is 29.8 Å². The number of fused-ring (bicyclic) bond motifs is 1. The number of hydrogen-bond donors (Lipinski definition) is 4. The highest BCUT2D eigenvalue weighted by molar-refractivity contribution is 5.95. The Morgan fingerprint density at radius 1 is 1.08 bits per heavy atom. The first-order valence-corrected chi connectivity index (χ1v) is 12.1. The largest absolute Gasteiger partial charge is 0.469 e. The molecule has 1 atom stereocenters. The summed E-state index contributed by atoms with van der Waals surface area (Å²) in [5.41, 5.74) is 16.1. The molecule has 0 saturated carbocycles.